The van der Waals surface area contributed by atoms with Gasteiger partial charge in [0, 0.05) is 19.1 Å². The lowest BCUT2D eigenvalue weighted by Crippen LogP contribution is -2.37. The van der Waals surface area contributed by atoms with Gasteiger partial charge in [0.15, 0.2) is 0 Å². The Hall–Kier alpha value is -1.43. The summed E-state index contributed by atoms with van der Waals surface area (Å²) in [5, 5.41) is 6.84. The summed E-state index contributed by atoms with van der Waals surface area (Å²) in [6.07, 6.45) is 0.874. The number of carbonyl (C=O) groups is 1. The summed E-state index contributed by atoms with van der Waals surface area (Å²) < 4.78 is 5.28. The van der Waals surface area contributed by atoms with Gasteiger partial charge in [-0.15, -0.1) is 5.10 Å². The van der Waals surface area contributed by atoms with E-state index in [0.29, 0.717) is 13.2 Å². The minimum Gasteiger partial charge on any atom is -0.379 e. The van der Waals surface area contributed by atoms with Crippen molar-refractivity contribution < 1.29 is 9.53 Å². The van der Waals surface area contributed by atoms with Gasteiger partial charge in [-0.1, -0.05) is 20.8 Å². The van der Waals surface area contributed by atoms with Gasteiger partial charge in [-0.3, -0.25) is 9.89 Å². The predicted molar refractivity (Wildman–Crippen MR) is 66.4 cm³/mol. The molecule has 1 aromatic heterocycles. The third-order valence-electron chi connectivity index (χ3n) is 3.16. The van der Waals surface area contributed by atoms with E-state index in [2.05, 4.69) is 15.2 Å². The zero-order chi connectivity index (χ0) is 13.3. The van der Waals surface area contributed by atoms with Crippen LogP contribution < -0.4 is 0 Å². The number of H-pyrrole nitrogens is 1. The van der Waals surface area contributed by atoms with Crippen molar-refractivity contribution in [2.24, 2.45) is 0 Å². The second kappa shape index (κ2) is 4.68. The van der Waals surface area contributed by atoms with E-state index < -0.39 is 0 Å². The van der Waals surface area contributed by atoms with Gasteiger partial charge in [-0.05, 0) is 6.42 Å². The maximum absolute atomic E-state index is 12.2. The fourth-order valence-corrected chi connectivity index (χ4v) is 1.84. The average molecular weight is 252 g/mol. The van der Waals surface area contributed by atoms with Gasteiger partial charge in [0.1, 0.15) is 5.82 Å². The van der Waals surface area contributed by atoms with Crippen molar-refractivity contribution in [2.75, 3.05) is 20.3 Å². The number of nitrogens with one attached hydrogen (secondary N) is 1. The van der Waals surface area contributed by atoms with Crippen LogP contribution in [0.25, 0.3) is 0 Å². The van der Waals surface area contributed by atoms with Crippen molar-refractivity contribution in [3.8, 4) is 0 Å². The van der Waals surface area contributed by atoms with E-state index >= 15 is 0 Å². The van der Waals surface area contributed by atoms with Crippen molar-refractivity contribution in [1.29, 1.82) is 0 Å². The minimum atomic E-state index is -0.155. The summed E-state index contributed by atoms with van der Waals surface area (Å²) in [5.41, 5.74) is -0.138. The number of ether oxygens (including phenoxy) is 1. The molecule has 1 aromatic rings. The summed E-state index contributed by atoms with van der Waals surface area (Å²) >= 11 is 0. The van der Waals surface area contributed by atoms with Crippen LogP contribution >= 0.6 is 0 Å². The van der Waals surface area contributed by atoms with Crippen molar-refractivity contribution >= 4 is 5.91 Å². The lowest BCUT2D eigenvalue weighted by atomic mass is 9.96. The molecule has 100 valence electrons. The number of rotatable bonds is 2. The largest absolute Gasteiger partial charge is 0.379 e. The van der Waals surface area contributed by atoms with Crippen LogP contribution in [0.3, 0.4) is 0 Å². The molecule has 6 heteroatoms. The molecule has 0 radical (unpaired) electrons. The quantitative estimate of drug-likeness (QED) is 0.851. The number of aromatic amines is 1. The van der Waals surface area contributed by atoms with Crippen LogP contribution in [0.2, 0.25) is 0 Å². The molecule has 1 aliphatic heterocycles. The number of carbonyl (C=O) groups excluding carboxylic acids is 1. The number of hydrogen-bond acceptors (Lipinski definition) is 4. The number of hydrogen-bond donors (Lipinski definition) is 1. The minimum absolute atomic E-state index is 0.133. The first kappa shape index (κ1) is 13.0. The highest BCUT2D eigenvalue weighted by molar-refractivity contribution is 5.90. The highest BCUT2D eigenvalue weighted by atomic mass is 16.5. The molecule has 0 saturated carbocycles. The van der Waals surface area contributed by atoms with Crippen molar-refractivity contribution in [3.63, 3.8) is 0 Å². The van der Waals surface area contributed by atoms with Crippen molar-refractivity contribution in [3.05, 3.63) is 11.6 Å². The predicted octanol–water partition coefficient (Wildman–Crippen LogP) is 0.963. The molecule has 0 aliphatic carbocycles. The first-order valence-corrected chi connectivity index (χ1v) is 6.17. The molecule has 0 aromatic carbocycles. The molecule has 1 saturated heterocycles. The summed E-state index contributed by atoms with van der Waals surface area (Å²) in [7, 11) is 1.77. The molecule has 1 aliphatic rings. The molecule has 6 nitrogen and oxygen atoms in total. The average Bonchev–Trinajstić information content (AvgIpc) is 2.96. The van der Waals surface area contributed by atoms with Crippen LogP contribution in [0.4, 0.5) is 0 Å². The zero-order valence-electron chi connectivity index (χ0n) is 11.4. The van der Waals surface area contributed by atoms with Gasteiger partial charge >= 0.3 is 0 Å². The molecule has 1 atom stereocenters. The number of nitrogens with zero attached hydrogens (tertiary/aromatic N) is 3. The Morgan fingerprint density at radius 2 is 2.22 bits per heavy atom. The van der Waals surface area contributed by atoms with Crippen LogP contribution in [0, 0.1) is 0 Å². The van der Waals surface area contributed by atoms with Gasteiger partial charge in [0.2, 0.25) is 5.82 Å². The van der Waals surface area contributed by atoms with Crippen molar-refractivity contribution in [1.82, 2.24) is 20.1 Å². The second-order valence-electron chi connectivity index (χ2n) is 5.69. The van der Waals surface area contributed by atoms with E-state index in [0.717, 1.165) is 12.2 Å². The molecule has 0 spiro atoms. The maximum Gasteiger partial charge on any atom is 0.293 e. The highest BCUT2D eigenvalue weighted by Crippen LogP contribution is 2.18. The molecular formula is C12H20N4O2. The SMILES string of the molecule is CN(C(=O)c1n[nH]c(C(C)(C)C)n1)C1CCOC1. The highest BCUT2D eigenvalue weighted by Gasteiger charge is 2.28. The maximum atomic E-state index is 12.2. The molecule has 0 bridgehead atoms. The van der Waals surface area contributed by atoms with E-state index in [-0.39, 0.29) is 23.2 Å². The van der Waals surface area contributed by atoms with Gasteiger partial charge in [-0.25, -0.2) is 4.98 Å². The second-order valence-corrected chi connectivity index (χ2v) is 5.69. The lowest BCUT2D eigenvalue weighted by Gasteiger charge is -2.21. The van der Waals surface area contributed by atoms with Crippen LogP contribution in [-0.2, 0) is 10.2 Å². The smallest absolute Gasteiger partial charge is 0.293 e. The Balaban J connectivity index is 2.11. The normalized spacial score (nSPS) is 20.1. The molecule has 1 N–H and O–H groups in total. The standard InChI is InChI=1S/C12H20N4O2/c1-12(2,3)11-13-9(14-15-11)10(17)16(4)8-5-6-18-7-8/h8H,5-7H2,1-4H3,(H,13,14,15). The topological polar surface area (TPSA) is 71.1 Å². The Bertz CT molecular complexity index is 430. The van der Waals surface area contributed by atoms with E-state index in [1.807, 2.05) is 20.8 Å². The Morgan fingerprint density at radius 1 is 1.50 bits per heavy atom. The van der Waals surface area contributed by atoms with Gasteiger partial charge in [-0.2, -0.15) is 0 Å². The lowest BCUT2D eigenvalue weighted by molar-refractivity contribution is 0.0699. The van der Waals surface area contributed by atoms with Crippen LogP contribution in [-0.4, -0.2) is 52.3 Å². The molecule has 2 heterocycles. The third-order valence-corrected chi connectivity index (χ3v) is 3.16. The molecule has 18 heavy (non-hydrogen) atoms. The Kier molecular flexibility index (Phi) is 3.38. The van der Waals surface area contributed by atoms with Gasteiger partial charge in [0.25, 0.3) is 5.91 Å². The third kappa shape index (κ3) is 2.53. The first-order chi connectivity index (χ1) is 8.39. The monoisotopic (exact) mass is 252 g/mol. The number of aromatic nitrogens is 3. The Labute approximate surface area is 107 Å². The van der Waals surface area contributed by atoms with Crippen molar-refractivity contribution in [2.45, 2.75) is 38.6 Å². The fourth-order valence-electron chi connectivity index (χ4n) is 1.84. The fraction of sp³-hybridized carbons (Fsp3) is 0.750. The summed E-state index contributed by atoms with van der Waals surface area (Å²) in [4.78, 5) is 18.1. The summed E-state index contributed by atoms with van der Waals surface area (Å²) in [6.45, 7) is 7.38. The zero-order valence-corrected chi connectivity index (χ0v) is 11.4. The number of likely N-dealkylation sites (N-methyl/N-ethyl adjacent to an activating group) is 1. The molecule has 1 amide bonds. The van der Waals surface area contributed by atoms with Crippen LogP contribution in [0.1, 0.15) is 43.6 Å². The van der Waals surface area contributed by atoms with E-state index in [1.54, 1.807) is 11.9 Å². The van der Waals surface area contributed by atoms with Crippen LogP contribution in [0.5, 0.6) is 0 Å². The molecular weight excluding hydrogens is 232 g/mol. The first-order valence-electron chi connectivity index (χ1n) is 6.17. The summed E-state index contributed by atoms with van der Waals surface area (Å²) in [5.74, 6) is 0.800. The molecule has 2 rings (SSSR count). The summed E-state index contributed by atoms with van der Waals surface area (Å²) in [6, 6.07) is 0.133. The van der Waals surface area contributed by atoms with Gasteiger partial charge in [0.05, 0.1) is 12.6 Å². The van der Waals surface area contributed by atoms with E-state index in [1.165, 1.54) is 0 Å². The van der Waals surface area contributed by atoms with E-state index in [4.69, 9.17) is 4.74 Å². The van der Waals surface area contributed by atoms with Gasteiger partial charge < -0.3 is 9.64 Å². The molecule has 1 unspecified atom stereocenters. The molecule has 1 fully saturated rings. The Morgan fingerprint density at radius 3 is 2.72 bits per heavy atom. The number of amides is 1. The van der Waals surface area contributed by atoms with Crippen LogP contribution in [0.15, 0.2) is 0 Å². The van der Waals surface area contributed by atoms with E-state index in [9.17, 15) is 4.79 Å².